The summed E-state index contributed by atoms with van der Waals surface area (Å²) < 4.78 is 10.1. The fraction of sp³-hybridized carbons (Fsp3) is 0.250. The Kier molecular flexibility index (Phi) is 8.48. The summed E-state index contributed by atoms with van der Waals surface area (Å²) in [5, 5.41) is 32.5. The van der Waals surface area contributed by atoms with Crippen molar-refractivity contribution >= 4 is 18.1 Å². The summed E-state index contributed by atoms with van der Waals surface area (Å²) in [5.74, 6) is -0.387. The lowest BCUT2D eigenvalue weighted by Gasteiger charge is -2.08. The molecule has 1 aromatic rings. The monoisotopic (exact) mass is 314 g/mol. The third-order valence-electron chi connectivity index (χ3n) is 2.02. The highest BCUT2D eigenvalue weighted by Gasteiger charge is 2.09. The van der Waals surface area contributed by atoms with Crippen molar-refractivity contribution in [2.24, 2.45) is 15.9 Å². The number of aromatic hydroxyl groups is 1. The topological polar surface area (TPSA) is 159 Å². The molecule has 122 valence electrons. The summed E-state index contributed by atoms with van der Waals surface area (Å²) in [4.78, 5) is 9.00. The number of guanidine groups is 1. The van der Waals surface area contributed by atoms with Crippen molar-refractivity contribution in [2.45, 2.75) is 6.92 Å². The van der Waals surface area contributed by atoms with Crippen LogP contribution in [0.4, 0.5) is 0 Å². The number of hydroxylamine groups is 1. The lowest BCUT2D eigenvalue weighted by atomic mass is 10.2. The second-order valence-corrected chi connectivity index (χ2v) is 3.62. The molecule has 0 aliphatic rings. The smallest absolute Gasteiger partial charge is 0.300 e. The molecule has 0 bridgehead atoms. The Morgan fingerprint density at radius 1 is 1.36 bits per heavy atom. The van der Waals surface area contributed by atoms with Gasteiger partial charge in [0.2, 0.25) is 5.96 Å². The van der Waals surface area contributed by atoms with Gasteiger partial charge in [-0.15, -0.1) is 5.10 Å². The maximum absolute atomic E-state index is 9.76. The van der Waals surface area contributed by atoms with Gasteiger partial charge in [0.05, 0.1) is 26.0 Å². The van der Waals surface area contributed by atoms with E-state index in [1.807, 2.05) is 0 Å². The van der Waals surface area contributed by atoms with Gasteiger partial charge < -0.3 is 25.4 Å². The van der Waals surface area contributed by atoms with Gasteiger partial charge in [-0.3, -0.25) is 10.0 Å². The molecule has 0 heterocycles. The molecule has 0 aromatic heterocycles. The molecule has 22 heavy (non-hydrogen) atoms. The molecule has 0 spiro atoms. The van der Waals surface area contributed by atoms with Crippen LogP contribution in [-0.4, -0.2) is 47.8 Å². The van der Waals surface area contributed by atoms with E-state index in [9.17, 15) is 5.11 Å². The van der Waals surface area contributed by atoms with E-state index in [1.165, 1.54) is 26.5 Å². The SMILES string of the molecule is CC(=O)O.COc1cc(O)c(/C=N/N=C(/N)NO)c(OC)c1. The summed E-state index contributed by atoms with van der Waals surface area (Å²) in [6, 6.07) is 2.99. The van der Waals surface area contributed by atoms with Gasteiger partial charge >= 0.3 is 0 Å². The van der Waals surface area contributed by atoms with Crippen LogP contribution >= 0.6 is 0 Å². The predicted octanol–water partition coefficient (Wildman–Crippen LogP) is 0.128. The Bertz CT molecular complexity index is 555. The van der Waals surface area contributed by atoms with Crippen molar-refractivity contribution in [3.63, 3.8) is 0 Å². The summed E-state index contributed by atoms with van der Waals surface area (Å²) >= 11 is 0. The third-order valence-corrected chi connectivity index (χ3v) is 2.02. The Labute approximate surface area is 126 Å². The highest BCUT2D eigenvalue weighted by Crippen LogP contribution is 2.31. The summed E-state index contributed by atoms with van der Waals surface area (Å²) in [7, 11) is 2.92. The predicted molar refractivity (Wildman–Crippen MR) is 78.7 cm³/mol. The van der Waals surface area contributed by atoms with Gasteiger partial charge in [0, 0.05) is 19.1 Å². The fourth-order valence-electron chi connectivity index (χ4n) is 1.18. The summed E-state index contributed by atoms with van der Waals surface area (Å²) in [6.07, 6.45) is 1.23. The van der Waals surface area contributed by atoms with Crippen molar-refractivity contribution in [1.29, 1.82) is 0 Å². The number of nitrogens with one attached hydrogen (secondary N) is 1. The zero-order valence-electron chi connectivity index (χ0n) is 12.3. The molecular formula is C12H18N4O6. The summed E-state index contributed by atoms with van der Waals surface area (Å²) in [5.41, 5.74) is 7.08. The van der Waals surface area contributed by atoms with Crippen molar-refractivity contribution in [1.82, 2.24) is 5.48 Å². The number of carbonyl (C=O) groups is 1. The number of aliphatic carboxylic acids is 1. The number of carboxylic acid groups (broad SMARTS) is 1. The largest absolute Gasteiger partial charge is 0.507 e. The van der Waals surface area contributed by atoms with Gasteiger partial charge in [-0.2, -0.15) is 5.10 Å². The maximum Gasteiger partial charge on any atom is 0.300 e. The van der Waals surface area contributed by atoms with E-state index in [0.717, 1.165) is 6.92 Å². The van der Waals surface area contributed by atoms with Gasteiger partial charge in [-0.05, 0) is 0 Å². The minimum absolute atomic E-state index is 0.0827. The molecule has 10 heteroatoms. The van der Waals surface area contributed by atoms with E-state index < -0.39 is 5.97 Å². The van der Waals surface area contributed by atoms with Gasteiger partial charge in [-0.25, -0.2) is 5.48 Å². The fourth-order valence-corrected chi connectivity index (χ4v) is 1.18. The molecule has 0 aliphatic carbocycles. The number of hydrogen-bond donors (Lipinski definition) is 5. The molecule has 0 aliphatic heterocycles. The van der Waals surface area contributed by atoms with Gasteiger partial charge in [0.1, 0.15) is 17.2 Å². The Hall–Kier alpha value is -3.01. The number of carboxylic acids is 1. The molecule has 0 atom stereocenters. The number of phenols is 1. The number of phenolic OH excluding ortho intramolecular Hbond substituents is 1. The first-order chi connectivity index (χ1) is 10.3. The van der Waals surface area contributed by atoms with E-state index in [0.29, 0.717) is 17.1 Å². The molecular weight excluding hydrogens is 296 g/mol. The lowest BCUT2D eigenvalue weighted by Crippen LogP contribution is -2.27. The first-order valence-electron chi connectivity index (χ1n) is 5.76. The van der Waals surface area contributed by atoms with Crippen LogP contribution in [0.3, 0.4) is 0 Å². The average molecular weight is 314 g/mol. The van der Waals surface area contributed by atoms with Crippen LogP contribution in [0.5, 0.6) is 17.2 Å². The number of benzene rings is 1. The molecule has 0 radical (unpaired) electrons. The Morgan fingerprint density at radius 2 is 1.95 bits per heavy atom. The van der Waals surface area contributed by atoms with E-state index in [1.54, 1.807) is 11.5 Å². The van der Waals surface area contributed by atoms with Crippen molar-refractivity contribution in [3.05, 3.63) is 17.7 Å². The van der Waals surface area contributed by atoms with E-state index in [4.69, 9.17) is 30.3 Å². The van der Waals surface area contributed by atoms with Crippen molar-refractivity contribution in [3.8, 4) is 17.2 Å². The molecule has 10 nitrogen and oxygen atoms in total. The van der Waals surface area contributed by atoms with Crippen LogP contribution in [0.15, 0.2) is 22.3 Å². The average Bonchev–Trinajstić information content (AvgIpc) is 2.47. The summed E-state index contributed by atoms with van der Waals surface area (Å²) in [6.45, 7) is 1.08. The van der Waals surface area contributed by atoms with Crippen LogP contribution in [0.1, 0.15) is 12.5 Å². The van der Waals surface area contributed by atoms with Crippen molar-refractivity contribution < 1.29 is 29.7 Å². The molecule has 0 saturated carbocycles. The Balaban J connectivity index is 0.000000980. The number of rotatable bonds is 4. The van der Waals surface area contributed by atoms with Crippen LogP contribution < -0.4 is 20.7 Å². The van der Waals surface area contributed by atoms with Crippen LogP contribution in [0.2, 0.25) is 0 Å². The standard InChI is InChI=1S/C10H14N4O4.C2H4O2/c1-17-6-3-8(15)7(9(4-6)18-2)5-12-13-10(11)14-16;1-2(3)4/h3-5,15-16H,1-2H3,(H3,11,13,14);1H3,(H,3,4)/b12-5+;. The van der Waals surface area contributed by atoms with Gasteiger partial charge in [0.15, 0.2) is 0 Å². The number of hydrogen-bond acceptors (Lipinski definition) is 7. The highest BCUT2D eigenvalue weighted by atomic mass is 16.5. The van der Waals surface area contributed by atoms with Crippen LogP contribution in [0, 0.1) is 0 Å². The number of methoxy groups -OCH3 is 2. The van der Waals surface area contributed by atoms with E-state index >= 15 is 0 Å². The molecule has 6 N–H and O–H groups in total. The van der Waals surface area contributed by atoms with Gasteiger partial charge in [-0.1, -0.05) is 0 Å². The van der Waals surface area contributed by atoms with E-state index in [-0.39, 0.29) is 11.7 Å². The molecule has 0 saturated heterocycles. The number of nitrogens with two attached hydrogens (primary N) is 1. The first kappa shape index (κ1) is 19.0. The first-order valence-corrected chi connectivity index (χ1v) is 5.76. The molecule has 1 rings (SSSR count). The maximum atomic E-state index is 9.76. The lowest BCUT2D eigenvalue weighted by molar-refractivity contribution is -0.134. The third kappa shape index (κ3) is 6.96. The van der Waals surface area contributed by atoms with Gasteiger partial charge in [0.25, 0.3) is 5.97 Å². The zero-order valence-corrected chi connectivity index (χ0v) is 12.3. The molecule has 1 aromatic carbocycles. The number of ether oxygens (including phenoxy) is 2. The minimum atomic E-state index is -0.833. The molecule has 0 unspecified atom stereocenters. The molecule has 0 amide bonds. The Morgan fingerprint density at radius 3 is 2.41 bits per heavy atom. The normalized spacial score (nSPS) is 10.6. The quantitative estimate of drug-likeness (QED) is 0.298. The number of nitrogens with zero attached hydrogens (tertiary/aromatic N) is 2. The van der Waals surface area contributed by atoms with Crippen LogP contribution in [-0.2, 0) is 4.79 Å². The highest BCUT2D eigenvalue weighted by molar-refractivity contribution is 5.88. The van der Waals surface area contributed by atoms with Crippen molar-refractivity contribution in [2.75, 3.05) is 14.2 Å². The molecule has 0 fully saturated rings. The second kappa shape index (κ2) is 9.83. The van der Waals surface area contributed by atoms with E-state index in [2.05, 4.69) is 10.2 Å². The van der Waals surface area contributed by atoms with Crippen LogP contribution in [0.25, 0.3) is 0 Å². The minimum Gasteiger partial charge on any atom is -0.507 e. The zero-order chi connectivity index (χ0) is 17.1. The second-order valence-electron chi connectivity index (χ2n) is 3.62.